The predicted molar refractivity (Wildman–Crippen MR) is 57.6 cm³/mol. The summed E-state index contributed by atoms with van der Waals surface area (Å²) in [4.78, 5) is 17.6. The van der Waals surface area contributed by atoms with Crippen LogP contribution >= 0.6 is 0 Å². The smallest absolute Gasteiger partial charge is 0.145 e. The molecule has 1 saturated carbocycles. The van der Waals surface area contributed by atoms with Gasteiger partial charge in [0, 0.05) is 0 Å². The number of nitrogens with zero attached hydrogens (tertiary/aromatic N) is 2. The number of isocyanates is 2. The van der Waals surface area contributed by atoms with Crippen molar-refractivity contribution >= 4 is 25.6 Å². The zero-order chi connectivity index (χ0) is 11.1. The lowest BCUT2D eigenvalue weighted by Gasteiger charge is -2.05. The Labute approximate surface area is 83.8 Å². The standard InChI is InChI=1S/C6H12.2C2H2NO/c1-2-4-6-5-3-1;2*1-3-2-4/h1-6H2;2*1H2/q;2*+1. The highest BCUT2D eigenvalue weighted by molar-refractivity contribution is 5.38. The minimum absolute atomic E-state index is 1.19. The molecule has 0 heterocycles. The Morgan fingerprint density at radius 3 is 0.929 bits per heavy atom. The van der Waals surface area contributed by atoms with Gasteiger partial charge in [0.15, 0.2) is 0 Å². The molecule has 0 radical (unpaired) electrons. The summed E-state index contributed by atoms with van der Waals surface area (Å²) in [5, 5.41) is 0. The molecule has 4 heteroatoms. The molecule has 14 heavy (non-hydrogen) atoms. The second-order valence-corrected chi connectivity index (χ2v) is 2.62. The molecule has 0 atom stereocenters. The largest absolute Gasteiger partial charge is 0.566 e. The summed E-state index contributed by atoms with van der Waals surface area (Å²) >= 11 is 0. The van der Waals surface area contributed by atoms with E-state index in [0.717, 1.165) is 0 Å². The second-order valence-electron chi connectivity index (χ2n) is 2.62. The van der Waals surface area contributed by atoms with E-state index in [2.05, 4.69) is 22.8 Å². The number of carbonyl (C=O) groups excluding carboxylic acids is 2. The molecular formula is C10H16N2O2+2. The molecule has 4 nitrogen and oxygen atoms in total. The van der Waals surface area contributed by atoms with Crippen LogP contribution in [0.3, 0.4) is 0 Å². The van der Waals surface area contributed by atoms with Crippen molar-refractivity contribution in [3.63, 3.8) is 0 Å². The van der Waals surface area contributed by atoms with E-state index in [-0.39, 0.29) is 0 Å². The quantitative estimate of drug-likeness (QED) is 0.322. The van der Waals surface area contributed by atoms with E-state index in [1.807, 2.05) is 0 Å². The molecule has 0 bridgehead atoms. The summed E-state index contributed by atoms with van der Waals surface area (Å²) < 4.78 is 5.36. The highest BCUT2D eigenvalue weighted by Crippen LogP contribution is 2.15. The molecule has 1 rings (SSSR count). The first kappa shape index (κ1) is 14.8. The van der Waals surface area contributed by atoms with Gasteiger partial charge in [-0.25, -0.2) is 0 Å². The maximum atomic E-state index is 8.82. The first-order valence-electron chi connectivity index (χ1n) is 4.49. The first-order chi connectivity index (χ1) is 6.83. The van der Waals surface area contributed by atoms with Crippen molar-refractivity contribution in [1.29, 1.82) is 0 Å². The van der Waals surface area contributed by atoms with Crippen LogP contribution in [0, 0.1) is 0 Å². The molecule has 76 valence electrons. The van der Waals surface area contributed by atoms with Gasteiger partial charge in [-0.2, -0.15) is 0 Å². The van der Waals surface area contributed by atoms with E-state index in [4.69, 9.17) is 9.59 Å². The van der Waals surface area contributed by atoms with Crippen LogP contribution in [0.2, 0.25) is 0 Å². The van der Waals surface area contributed by atoms with Crippen molar-refractivity contribution in [2.24, 2.45) is 0 Å². The fourth-order valence-electron chi connectivity index (χ4n) is 1.06. The number of hydrogen-bond acceptors (Lipinski definition) is 2. The van der Waals surface area contributed by atoms with Crippen LogP contribution in [0.4, 0.5) is 0 Å². The summed E-state index contributed by atoms with van der Waals surface area (Å²) in [6.07, 6.45) is 11.4. The Hall–Kier alpha value is -1.68. The number of hydrogen-bond donors (Lipinski definition) is 0. The van der Waals surface area contributed by atoms with Gasteiger partial charge in [-0.1, -0.05) is 38.5 Å². The van der Waals surface area contributed by atoms with Crippen LogP contribution in [0.1, 0.15) is 38.5 Å². The van der Waals surface area contributed by atoms with Gasteiger partial charge in [-0.3, -0.25) is 0 Å². The Kier molecular flexibility index (Phi) is 18.4. The molecule has 1 aliphatic rings. The third kappa shape index (κ3) is 22.4. The minimum atomic E-state index is 1.19. The van der Waals surface area contributed by atoms with Crippen molar-refractivity contribution in [2.75, 3.05) is 0 Å². The zero-order valence-corrected chi connectivity index (χ0v) is 8.37. The maximum Gasteiger partial charge on any atom is 0.566 e. The van der Waals surface area contributed by atoms with E-state index < -0.39 is 0 Å². The van der Waals surface area contributed by atoms with Crippen molar-refractivity contribution in [3.05, 3.63) is 0 Å². The molecular weight excluding hydrogens is 180 g/mol. The van der Waals surface area contributed by atoms with Gasteiger partial charge in [0.05, 0.1) is 0 Å². The molecule has 0 aliphatic heterocycles. The van der Waals surface area contributed by atoms with Crippen LogP contribution in [0.5, 0.6) is 0 Å². The van der Waals surface area contributed by atoms with Gasteiger partial charge >= 0.3 is 12.2 Å². The summed E-state index contributed by atoms with van der Waals surface area (Å²) in [5.41, 5.74) is 0. The molecule has 0 N–H and O–H groups in total. The van der Waals surface area contributed by atoms with Gasteiger partial charge < -0.3 is 0 Å². The topological polar surface area (TPSA) is 62.3 Å². The molecule has 0 spiro atoms. The first-order valence-corrected chi connectivity index (χ1v) is 4.49. The summed E-state index contributed by atoms with van der Waals surface area (Å²) in [7, 11) is 0. The predicted octanol–water partition coefficient (Wildman–Crippen LogP) is 0.521. The Morgan fingerprint density at radius 2 is 0.857 bits per heavy atom. The lowest BCUT2D eigenvalue weighted by molar-refractivity contribution is 0.504. The van der Waals surface area contributed by atoms with Crippen molar-refractivity contribution in [3.8, 4) is 0 Å². The Morgan fingerprint density at radius 1 is 0.714 bits per heavy atom. The van der Waals surface area contributed by atoms with Crippen LogP contribution in [0.25, 0.3) is 0 Å². The third-order valence-corrected chi connectivity index (χ3v) is 1.63. The average molecular weight is 196 g/mol. The molecule has 0 aromatic rings. The normalized spacial score (nSPS) is 12.0. The second kappa shape index (κ2) is 17.4. The molecule has 0 saturated heterocycles. The van der Waals surface area contributed by atoms with Crippen molar-refractivity contribution < 1.29 is 9.59 Å². The van der Waals surface area contributed by atoms with Gasteiger partial charge in [0.2, 0.25) is 0 Å². The maximum absolute atomic E-state index is 8.82. The average Bonchev–Trinajstić information content (AvgIpc) is 2.32. The highest BCUT2D eigenvalue weighted by Gasteiger charge is 1.95. The highest BCUT2D eigenvalue weighted by atomic mass is 16.1. The van der Waals surface area contributed by atoms with Crippen LogP contribution in [-0.2, 0) is 9.59 Å². The Bertz CT molecular complexity index is 196. The van der Waals surface area contributed by atoms with E-state index in [9.17, 15) is 0 Å². The minimum Gasteiger partial charge on any atom is -0.145 e. The molecule has 0 amide bonds. The summed E-state index contributed by atoms with van der Waals surface area (Å²) in [6, 6.07) is 0. The van der Waals surface area contributed by atoms with Crippen molar-refractivity contribution in [1.82, 2.24) is 9.34 Å². The Balaban J connectivity index is 0. The van der Waals surface area contributed by atoms with Gasteiger partial charge in [-0.05, 0) is 9.34 Å². The van der Waals surface area contributed by atoms with Crippen LogP contribution in [-0.4, -0.2) is 25.6 Å². The molecule has 0 aromatic heterocycles. The molecule has 1 fully saturated rings. The van der Waals surface area contributed by atoms with E-state index >= 15 is 0 Å². The fourth-order valence-corrected chi connectivity index (χ4v) is 1.06. The number of rotatable bonds is 0. The lowest BCUT2D eigenvalue weighted by atomic mass is 10.0. The van der Waals surface area contributed by atoms with E-state index in [1.54, 1.807) is 0 Å². The van der Waals surface area contributed by atoms with E-state index in [0.29, 0.717) is 0 Å². The molecule has 0 unspecified atom stereocenters. The van der Waals surface area contributed by atoms with Crippen molar-refractivity contribution in [2.45, 2.75) is 38.5 Å². The molecule has 1 aliphatic carbocycles. The van der Waals surface area contributed by atoms with Crippen LogP contribution < -0.4 is 9.34 Å². The molecule has 0 aromatic carbocycles. The third-order valence-electron chi connectivity index (χ3n) is 1.63. The van der Waals surface area contributed by atoms with Gasteiger partial charge in [0.25, 0.3) is 13.4 Å². The van der Waals surface area contributed by atoms with Crippen LogP contribution in [0.15, 0.2) is 0 Å². The summed E-state index contributed by atoms with van der Waals surface area (Å²) in [5.74, 6) is 0. The fraction of sp³-hybridized carbons (Fsp3) is 0.600. The zero-order valence-electron chi connectivity index (χ0n) is 8.37. The lowest BCUT2D eigenvalue weighted by Crippen LogP contribution is -1.85. The SMILES string of the molecule is C1CCCCC1.C=[N+]=C=O.C=[N+]=C=O. The summed E-state index contributed by atoms with van der Waals surface area (Å²) in [6.45, 7) is 5.61. The monoisotopic (exact) mass is 196 g/mol. The van der Waals surface area contributed by atoms with Gasteiger partial charge in [-0.15, -0.1) is 9.59 Å². The van der Waals surface area contributed by atoms with E-state index in [1.165, 1.54) is 50.7 Å². The van der Waals surface area contributed by atoms with Gasteiger partial charge in [0.1, 0.15) is 0 Å².